The molecule has 5 heteroatoms. The largest absolute Gasteiger partial charge is 0.390 e. The van der Waals surface area contributed by atoms with Crippen LogP contribution >= 0.6 is 15.9 Å². The quantitative estimate of drug-likeness (QED) is 0.872. The maximum atomic E-state index is 12.6. The number of carbonyl (C=O) groups excluding carboxylic acids is 1. The van der Waals surface area contributed by atoms with Crippen molar-refractivity contribution in [2.75, 3.05) is 20.1 Å². The van der Waals surface area contributed by atoms with Gasteiger partial charge in [0.15, 0.2) is 0 Å². The van der Waals surface area contributed by atoms with E-state index in [9.17, 15) is 9.90 Å². The summed E-state index contributed by atoms with van der Waals surface area (Å²) >= 11 is 3.44. The van der Waals surface area contributed by atoms with Crippen LogP contribution in [0.15, 0.2) is 40.9 Å². The van der Waals surface area contributed by atoms with Crippen LogP contribution in [0.4, 0.5) is 0 Å². The Labute approximate surface area is 131 Å². The lowest BCUT2D eigenvalue weighted by Crippen LogP contribution is -2.44. The molecular formula is C16H17BrN2O2. The number of nitrogens with one attached hydrogen (secondary N) is 1. The standard InChI is InChI=1S/C16H17BrN2O2/c1-19(14-8-18-9-15(14)20)16(21)12-3-2-11-7-13(17)5-4-10(11)6-12/h2-7,14-15,18,20H,8-9H2,1H3/t14-,15-/m0/s1. The van der Waals surface area contributed by atoms with E-state index in [4.69, 9.17) is 0 Å². The summed E-state index contributed by atoms with van der Waals surface area (Å²) in [6.07, 6.45) is -0.504. The molecule has 1 saturated heterocycles. The summed E-state index contributed by atoms with van der Waals surface area (Å²) < 4.78 is 1.02. The number of rotatable bonds is 2. The number of nitrogens with zero attached hydrogens (tertiary/aromatic N) is 1. The molecular weight excluding hydrogens is 332 g/mol. The van der Waals surface area contributed by atoms with E-state index in [0.717, 1.165) is 15.2 Å². The van der Waals surface area contributed by atoms with Gasteiger partial charge in [0.1, 0.15) is 0 Å². The lowest BCUT2D eigenvalue weighted by molar-refractivity contribution is 0.0581. The maximum absolute atomic E-state index is 12.6. The van der Waals surface area contributed by atoms with Crippen LogP contribution in [0.1, 0.15) is 10.4 Å². The Morgan fingerprint density at radius 1 is 1.24 bits per heavy atom. The molecule has 0 aromatic heterocycles. The average Bonchev–Trinajstić information content (AvgIpc) is 2.91. The Kier molecular flexibility index (Phi) is 3.97. The monoisotopic (exact) mass is 348 g/mol. The van der Waals surface area contributed by atoms with Gasteiger partial charge in [-0.25, -0.2) is 0 Å². The van der Waals surface area contributed by atoms with E-state index in [-0.39, 0.29) is 11.9 Å². The second kappa shape index (κ2) is 5.75. The third-order valence-electron chi connectivity index (χ3n) is 4.02. The van der Waals surface area contributed by atoms with Gasteiger partial charge in [-0.15, -0.1) is 0 Å². The van der Waals surface area contributed by atoms with E-state index < -0.39 is 6.10 Å². The fraction of sp³-hybridized carbons (Fsp3) is 0.312. The summed E-state index contributed by atoms with van der Waals surface area (Å²) in [6, 6.07) is 11.5. The van der Waals surface area contributed by atoms with Crippen LogP contribution in [0.5, 0.6) is 0 Å². The fourth-order valence-corrected chi connectivity index (χ4v) is 3.13. The number of carbonyl (C=O) groups is 1. The van der Waals surface area contributed by atoms with Gasteiger partial charge in [-0.2, -0.15) is 0 Å². The summed E-state index contributed by atoms with van der Waals surface area (Å²) in [5.74, 6) is -0.0624. The highest BCUT2D eigenvalue weighted by molar-refractivity contribution is 9.10. The number of fused-ring (bicyclic) bond motifs is 1. The van der Waals surface area contributed by atoms with E-state index >= 15 is 0 Å². The van der Waals surface area contributed by atoms with Crippen LogP contribution in [-0.2, 0) is 0 Å². The summed E-state index contributed by atoms with van der Waals surface area (Å²) in [5.41, 5.74) is 0.645. The van der Waals surface area contributed by atoms with Gasteiger partial charge < -0.3 is 15.3 Å². The summed E-state index contributed by atoms with van der Waals surface area (Å²) in [6.45, 7) is 1.16. The van der Waals surface area contributed by atoms with Gasteiger partial charge in [0, 0.05) is 30.2 Å². The molecule has 0 aliphatic carbocycles. The van der Waals surface area contributed by atoms with Crippen molar-refractivity contribution in [3.05, 3.63) is 46.4 Å². The van der Waals surface area contributed by atoms with Crippen molar-refractivity contribution in [3.63, 3.8) is 0 Å². The molecule has 0 unspecified atom stereocenters. The molecule has 1 aliphatic rings. The van der Waals surface area contributed by atoms with E-state index in [1.807, 2.05) is 36.4 Å². The fourth-order valence-electron chi connectivity index (χ4n) is 2.75. The molecule has 2 aromatic rings. The number of halogens is 1. The highest BCUT2D eigenvalue weighted by Crippen LogP contribution is 2.22. The van der Waals surface area contributed by atoms with Crippen LogP contribution in [0, 0.1) is 0 Å². The molecule has 2 N–H and O–H groups in total. The molecule has 0 spiro atoms. The molecule has 1 fully saturated rings. The summed E-state index contributed by atoms with van der Waals surface area (Å²) in [7, 11) is 1.75. The van der Waals surface area contributed by atoms with Crippen LogP contribution in [0.2, 0.25) is 0 Å². The van der Waals surface area contributed by atoms with Crippen LogP contribution < -0.4 is 5.32 Å². The van der Waals surface area contributed by atoms with E-state index in [1.54, 1.807) is 11.9 Å². The molecule has 0 bridgehead atoms. The number of aliphatic hydroxyl groups excluding tert-OH is 1. The molecule has 21 heavy (non-hydrogen) atoms. The van der Waals surface area contributed by atoms with Gasteiger partial charge in [-0.05, 0) is 35.0 Å². The first kappa shape index (κ1) is 14.5. The van der Waals surface area contributed by atoms with Gasteiger partial charge in [0.2, 0.25) is 0 Å². The molecule has 2 aromatic carbocycles. The molecule has 1 heterocycles. The van der Waals surface area contributed by atoms with Gasteiger partial charge in [0.05, 0.1) is 12.1 Å². The van der Waals surface area contributed by atoms with Gasteiger partial charge in [0.25, 0.3) is 5.91 Å². The van der Waals surface area contributed by atoms with Crippen molar-refractivity contribution in [2.45, 2.75) is 12.1 Å². The van der Waals surface area contributed by atoms with Crippen molar-refractivity contribution in [1.29, 1.82) is 0 Å². The topological polar surface area (TPSA) is 52.6 Å². The van der Waals surface area contributed by atoms with E-state index in [1.165, 1.54) is 0 Å². The minimum absolute atomic E-state index is 0.0624. The number of β-amino-alcohol motifs (C(OH)–C–C–N with tert-alkyl or cyclic N) is 1. The zero-order valence-corrected chi connectivity index (χ0v) is 13.3. The number of likely N-dealkylation sites (N-methyl/N-ethyl adjacent to an activating group) is 1. The molecule has 0 saturated carbocycles. The number of aliphatic hydroxyl groups is 1. The van der Waals surface area contributed by atoms with Gasteiger partial charge in [-0.3, -0.25) is 4.79 Å². The molecule has 4 nitrogen and oxygen atoms in total. The Morgan fingerprint density at radius 2 is 1.95 bits per heavy atom. The van der Waals surface area contributed by atoms with Crippen molar-refractivity contribution in [1.82, 2.24) is 10.2 Å². The predicted molar refractivity (Wildman–Crippen MR) is 86.4 cm³/mol. The zero-order chi connectivity index (χ0) is 15.0. The highest BCUT2D eigenvalue weighted by Gasteiger charge is 2.31. The zero-order valence-electron chi connectivity index (χ0n) is 11.7. The Hall–Kier alpha value is -1.43. The number of amides is 1. The SMILES string of the molecule is CN(C(=O)c1ccc2cc(Br)ccc2c1)[C@H]1CNC[C@@H]1O. The van der Waals surface area contributed by atoms with E-state index in [2.05, 4.69) is 21.2 Å². The normalized spacial score (nSPS) is 21.7. The minimum atomic E-state index is -0.504. The first-order valence-corrected chi connectivity index (χ1v) is 7.71. The molecule has 3 rings (SSSR count). The molecule has 2 atom stereocenters. The van der Waals surface area contributed by atoms with Crippen molar-refractivity contribution < 1.29 is 9.90 Å². The minimum Gasteiger partial charge on any atom is -0.390 e. The lowest BCUT2D eigenvalue weighted by Gasteiger charge is -2.26. The van der Waals surface area contributed by atoms with Crippen LogP contribution in [-0.4, -0.2) is 48.2 Å². The van der Waals surface area contributed by atoms with Crippen molar-refractivity contribution >= 4 is 32.6 Å². The van der Waals surface area contributed by atoms with Crippen LogP contribution in [0.25, 0.3) is 10.8 Å². The summed E-state index contributed by atoms with van der Waals surface area (Å²) in [4.78, 5) is 14.2. The second-order valence-corrected chi connectivity index (χ2v) is 6.33. The third kappa shape index (κ3) is 2.81. The van der Waals surface area contributed by atoms with Gasteiger partial charge >= 0.3 is 0 Å². The molecule has 110 valence electrons. The smallest absolute Gasteiger partial charge is 0.254 e. The second-order valence-electron chi connectivity index (χ2n) is 5.42. The number of hydrogen-bond acceptors (Lipinski definition) is 3. The Bertz CT molecular complexity index is 689. The Morgan fingerprint density at radius 3 is 2.67 bits per heavy atom. The third-order valence-corrected chi connectivity index (χ3v) is 4.51. The maximum Gasteiger partial charge on any atom is 0.254 e. The van der Waals surface area contributed by atoms with Crippen LogP contribution in [0.3, 0.4) is 0 Å². The first-order chi connectivity index (χ1) is 10.1. The molecule has 1 amide bonds. The highest BCUT2D eigenvalue weighted by atomic mass is 79.9. The van der Waals surface area contributed by atoms with Crippen molar-refractivity contribution in [2.24, 2.45) is 0 Å². The molecule has 1 aliphatic heterocycles. The van der Waals surface area contributed by atoms with E-state index in [0.29, 0.717) is 18.7 Å². The average molecular weight is 349 g/mol. The lowest BCUT2D eigenvalue weighted by atomic mass is 10.1. The predicted octanol–water partition coefficient (Wildman–Crippen LogP) is 2.01. The van der Waals surface area contributed by atoms with Crippen molar-refractivity contribution in [3.8, 4) is 0 Å². The number of hydrogen-bond donors (Lipinski definition) is 2. The number of benzene rings is 2. The molecule has 0 radical (unpaired) electrons. The first-order valence-electron chi connectivity index (χ1n) is 6.91. The summed E-state index contributed by atoms with van der Waals surface area (Å²) in [5, 5.41) is 15.1. The van der Waals surface area contributed by atoms with Gasteiger partial charge in [-0.1, -0.05) is 28.1 Å². The Balaban J connectivity index is 1.89.